The molecule has 0 bridgehead atoms. The first-order valence-corrected chi connectivity index (χ1v) is 10.7. The molecule has 3 aromatic rings. The number of hydrogen-bond acceptors (Lipinski definition) is 4. The highest BCUT2D eigenvalue weighted by Crippen LogP contribution is 2.36. The molecule has 0 unspecified atom stereocenters. The smallest absolute Gasteiger partial charge is 0.222 e. The molecule has 0 N–H and O–H groups in total. The molecule has 5 nitrogen and oxygen atoms in total. The summed E-state index contributed by atoms with van der Waals surface area (Å²) in [6, 6.07) is 16.1. The summed E-state index contributed by atoms with van der Waals surface area (Å²) >= 11 is 0. The number of carbonyl (C=O) groups is 1. The van der Waals surface area contributed by atoms with E-state index in [2.05, 4.69) is 4.98 Å². The molecule has 0 spiro atoms. The highest BCUT2D eigenvalue weighted by molar-refractivity contribution is 5.92. The third-order valence-electron chi connectivity index (χ3n) is 5.66. The van der Waals surface area contributed by atoms with Gasteiger partial charge in [-0.15, -0.1) is 0 Å². The van der Waals surface area contributed by atoms with Crippen LogP contribution in [0.2, 0.25) is 0 Å². The number of rotatable bonds is 6. The topological polar surface area (TPSA) is 51.7 Å². The number of aromatic nitrogens is 1. The molecule has 2 heterocycles. The van der Waals surface area contributed by atoms with E-state index in [1.165, 1.54) is 0 Å². The van der Waals surface area contributed by atoms with Crippen LogP contribution in [0, 0.1) is 0 Å². The summed E-state index contributed by atoms with van der Waals surface area (Å²) in [5.41, 5.74) is 2.92. The summed E-state index contributed by atoms with van der Waals surface area (Å²) in [6.07, 6.45) is 5.30. The Hall–Kier alpha value is -3.08. The van der Waals surface area contributed by atoms with Gasteiger partial charge in [-0.3, -0.25) is 9.78 Å². The lowest BCUT2D eigenvalue weighted by atomic mass is 10.0. The summed E-state index contributed by atoms with van der Waals surface area (Å²) in [6.45, 7) is 3.60. The Morgan fingerprint density at radius 2 is 1.83 bits per heavy atom. The van der Waals surface area contributed by atoms with Crippen LogP contribution in [0.5, 0.6) is 11.5 Å². The van der Waals surface area contributed by atoms with Gasteiger partial charge in [0.2, 0.25) is 5.91 Å². The number of amides is 1. The molecule has 1 aliphatic heterocycles. The largest absolute Gasteiger partial charge is 0.495 e. The lowest BCUT2D eigenvalue weighted by molar-refractivity contribution is -0.133. The van der Waals surface area contributed by atoms with E-state index in [0.717, 1.165) is 65.9 Å². The predicted octanol–water partition coefficient (Wildman–Crippen LogP) is 5.08. The number of nitrogens with zero attached hydrogens (tertiary/aromatic N) is 2. The summed E-state index contributed by atoms with van der Waals surface area (Å²) in [5.74, 6) is 1.95. The van der Waals surface area contributed by atoms with Crippen LogP contribution in [0.4, 0.5) is 0 Å². The Morgan fingerprint density at radius 1 is 1.10 bits per heavy atom. The number of fused-ring (bicyclic) bond motifs is 1. The average Bonchev–Trinajstić information content (AvgIpc) is 2.79. The van der Waals surface area contributed by atoms with Crippen molar-refractivity contribution in [2.75, 3.05) is 20.2 Å². The minimum absolute atomic E-state index is 0.151. The van der Waals surface area contributed by atoms with Gasteiger partial charge in [-0.25, -0.2) is 0 Å². The molecule has 2 aromatic carbocycles. The number of para-hydroxylation sites is 1. The molecule has 1 saturated heterocycles. The van der Waals surface area contributed by atoms with Crippen molar-refractivity contribution < 1.29 is 14.3 Å². The molecule has 1 aliphatic rings. The van der Waals surface area contributed by atoms with Gasteiger partial charge in [0, 0.05) is 49.5 Å². The zero-order valence-electron chi connectivity index (χ0n) is 17.6. The zero-order chi connectivity index (χ0) is 20.9. The molecule has 0 aliphatic carbocycles. The zero-order valence-corrected chi connectivity index (χ0v) is 17.6. The fourth-order valence-corrected chi connectivity index (χ4v) is 4.04. The van der Waals surface area contributed by atoms with E-state index in [9.17, 15) is 4.79 Å². The average molecular weight is 405 g/mol. The number of hydrogen-bond donors (Lipinski definition) is 0. The van der Waals surface area contributed by atoms with Crippen LogP contribution in [-0.2, 0) is 4.79 Å². The molecule has 30 heavy (non-hydrogen) atoms. The van der Waals surface area contributed by atoms with Gasteiger partial charge in [0.15, 0.2) is 0 Å². The van der Waals surface area contributed by atoms with E-state index in [1.54, 1.807) is 7.11 Å². The third kappa shape index (κ3) is 4.25. The first-order chi connectivity index (χ1) is 14.7. The highest BCUT2D eigenvalue weighted by atomic mass is 16.5. The van der Waals surface area contributed by atoms with Crippen molar-refractivity contribution >= 4 is 16.8 Å². The van der Waals surface area contributed by atoms with Gasteiger partial charge in [0.25, 0.3) is 0 Å². The van der Waals surface area contributed by atoms with Gasteiger partial charge < -0.3 is 14.4 Å². The lowest BCUT2D eigenvalue weighted by Gasteiger charge is -2.32. The van der Waals surface area contributed by atoms with Gasteiger partial charge >= 0.3 is 0 Å². The van der Waals surface area contributed by atoms with Crippen molar-refractivity contribution in [3.05, 3.63) is 54.7 Å². The van der Waals surface area contributed by atoms with E-state index in [-0.39, 0.29) is 12.0 Å². The molecular weight excluding hydrogens is 376 g/mol. The van der Waals surface area contributed by atoms with Crippen LogP contribution in [0.15, 0.2) is 54.7 Å². The molecule has 0 radical (unpaired) electrons. The van der Waals surface area contributed by atoms with Crippen LogP contribution in [0.25, 0.3) is 22.0 Å². The molecule has 1 amide bonds. The number of benzene rings is 2. The summed E-state index contributed by atoms with van der Waals surface area (Å²) in [5, 5.41) is 1.00. The van der Waals surface area contributed by atoms with E-state index >= 15 is 0 Å². The maximum atomic E-state index is 12.0. The molecule has 1 aromatic heterocycles. The molecule has 156 valence electrons. The molecule has 4 rings (SSSR count). The second kappa shape index (κ2) is 9.16. The van der Waals surface area contributed by atoms with Crippen LogP contribution in [-0.4, -0.2) is 42.1 Å². The lowest BCUT2D eigenvalue weighted by Crippen LogP contribution is -2.41. The number of piperidine rings is 1. The first-order valence-electron chi connectivity index (χ1n) is 10.7. The molecular formula is C25H28N2O3. The van der Waals surface area contributed by atoms with Gasteiger partial charge in [0.1, 0.15) is 17.6 Å². The van der Waals surface area contributed by atoms with E-state index in [0.29, 0.717) is 6.42 Å². The van der Waals surface area contributed by atoms with Crippen LogP contribution < -0.4 is 9.47 Å². The molecule has 0 saturated carbocycles. The Balaban J connectivity index is 1.44. The molecule has 1 fully saturated rings. The van der Waals surface area contributed by atoms with Gasteiger partial charge in [-0.05, 0) is 36.2 Å². The Bertz CT molecular complexity index is 1010. The minimum atomic E-state index is 0.151. The van der Waals surface area contributed by atoms with Gasteiger partial charge in [0.05, 0.1) is 12.6 Å². The van der Waals surface area contributed by atoms with Crippen LogP contribution in [0.3, 0.4) is 0 Å². The second-order valence-corrected chi connectivity index (χ2v) is 7.69. The fraction of sp³-hybridized carbons (Fsp3) is 0.360. The van der Waals surface area contributed by atoms with E-state index in [1.807, 2.05) is 66.6 Å². The third-order valence-corrected chi connectivity index (χ3v) is 5.66. The SMILES string of the molecule is CCCC(=O)N1CCC(Oc2ccc(-c3cnc4ccccc4c3OC)cc2)CC1. The van der Waals surface area contributed by atoms with Crippen molar-refractivity contribution in [3.63, 3.8) is 0 Å². The summed E-state index contributed by atoms with van der Waals surface area (Å²) in [7, 11) is 1.69. The number of pyridine rings is 1. The summed E-state index contributed by atoms with van der Waals surface area (Å²) < 4.78 is 11.9. The molecule has 0 atom stereocenters. The maximum absolute atomic E-state index is 12.0. The van der Waals surface area contributed by atoms with E-state index < -0.39 is 0 Å². The molecule has 5 heteroatoms. The maximum Gasteiger partial charge on any atom is 0.222 e. The van der Waals surface area contributed by atoms with Crippen molar-refractivity contribution in [1.82, 2.24) is 9.88 Å². The van der Waals surface area contributed by atoms with Crippen molar-refractivity contribution in [2.24, 2.45) is 0 Å². The number of carbonyl (C=O) groups excluding carboxylic acids is 1. The predicted molar refractivity (Wildman–Crippen MR) is 119 cm³/mol. The summed E-state index contributed by atoms with van der Waals surface area (Å²) in [4.78, 5) is 18.6. The van der Waals surface area contributed by atoms with Crippen LogP contribution >= 0.6 is 0 Å². The monoisotopic (exact) mass is 404 g/mol. The second-order valence-electron chi connectivity index (χ2n) is 7.69. The van der Waals surface area contributed by atoms with Gasteiger partial charge in [-0.2, -0.15) is 0 Å². The minimum Gasteiger partial charge on any atom is -0.495 e. The Kier molecular flexibility index (Phi) is 6.17. The van der Waals surface area contributed by atoms with E-state index in [4.69, 9.17) is 9.47 Å². The first kappa shape index (κ1) is 20.2. The number of likely N-dealkylation sites (tertiary alicyclic amines) is 1. The fourth-order valence-electron chi connectivity index (χ4n) is 4.04. The van der Waals surface area contributed by atoms with Gasteiger partial charge in [-0.1, -0.05) is 31.2 Å². The van der Waals surface area contributed by atoms with Crippen LogP contribution in [0.1, 0.15) is 32.6 Å². The number of ether oxygens (including phenoxy) is 2. The highest BCUT2D eigenvalue weighted by Gasteiger charge is 2.23. The quantitative estimate of drug-likeness (QED) is 0.575. The van der Waals surface area contributed by atoms with Crippen molar-refractivity contribution in [2.45, 2.75) is 38.7 Å². The standard InChI is InChI=1S/C25H28N2O3/c1-3-6-24(28)27-15-13-20(14-16-27)30-19-11-9-18(10-12-19)22-17-26-23-8-5-4-7-21(23)25(22)29-2/h4-5,7-12,17,20H,3,6,13-16H2,1-2H3. The normalized spacial score (nSPS) is 14.7. The Labute approximate surface area is 177 Å². The Morgan fingerprint density at radius 3 is 2.53 bits per heavy atom. The van der Waals surface area contributed by atoms with Crippen molar-refractivity contribution in [1.29, 1.82) is 0 Å². The van der Waals surface area contributed by atoms with Crippen molar-refractivity contribution in [3.8, 4) is 22.6 Å². The number of methoxy groups -OCH3 is 1.